The number of rotatable bonds is 7. The number of carbonyl (C=O) groups is 1. The highest BCUT2D eigenvalue weighted by Gasteiger charge is 2.35. The molecule has 2 atom stereocenters. The number of nitrogens with zero attached hydrogens (tertiary/aromatic N) is 7. The molecule has 6 rings (SSSR count). The second-order valence-corrected chi connectivity index (χ2v) is 12.2. The summed E-state index contributed by atoms with van der Waals surface area (Å²) in [5.74, 6) is 0.740. The highest BCUT2D eigenvalue weighted by Crippen LogP contribution is 2.37. The summed E-state index contributed by atoms with van der Waals surface area (Å²) >= 11 is 3.78. The molecular weight excluding hydrogens is 594 g/mol. The first kappa shape index (κ1) is 28.4. The molecule has 1 aromatic heterocycles. The molecule has 0 saturated carbocycles. The fourth-order valence-electron chi connectivity index (χ4n) is 6.54. The van der Waals surface area contributed by atoms with Crippen molar-refractivity contribution in [3.8, 4) is 6.01 Å². The molecular formula is C32H36BrN7O2. The van der Waals surface area contributed by atoms with Crippen LogP contribution in [0.15, 0.2) is 53.5 Å². The first-order valence-electron chi connectivity index (χ1n) is 14.6. The number of fused-ring (bicyclic) bond motifs is 2. The lowest BCUT2D eigenvalue weighted by Crippen LogP contribution is -2.56. The fourth-order valence-corrected chi connectivity index (χ4v) is 7.12. The van der Waals surface area contributed by atoms with Gasteiger partial charge in [-0.15, -0.1) is 0 Å². The molecule has 10 heteroatoms. The van der Waals surface area contributed by atoms with Crippen LogP contribution < -0.4 is 14.5 Å². The van der Waals surface area contributed by atoms with Crippen molar-refractivity contribution >= 4 is 44.1 Å². The zero-order valence-electron chi connectivity index (χ0n) is 24.0. The molecule has 2 saturated heterocycles. The number of carbonyl (C=O) groups excluding carboxylic acids is 1. The van der Waals surface area contributed by atoms with Crippen molar-refractivity contribution in [1.82, 2.24) is 19.8 Å². The van der Waals surface area contributed by atoms with Crippen LogP contribution in [0.1, 0.15) is 24.1 Å². The highest BCUT2D eigenvalue weighted by molar-refractivity contribution is 9.10. The minimum absolute atomic E-state index is 0.130. The van der Waals surface area contributed by atoms with Gasteiger partial charge < -0.3 is 29.2 Å². The Kier molecular flexibility index (Phi) is 8.31. The number of ether oxygens (including phenoxy) is 1. The summed E-state index contributed by atoms with van der Waals surface area (Å²) in [5.41, 5.74) is 3.27. The van der Waals surface area contributed by atoms with Crippen LogP contribution in [0.4, 0.5) is 11.5 Å². The summed E-state index contributed by atoms with van der Waals surface area (Å²) in [5, 5.41) is 2.39. The predicted molar refractivity (Wildman–Crippen MR) is 169 cm³/mol. The van der Waals surface area contributed by atoms with Gasteiger partial charge in [-0.25, -0.2) is 6.57 Å². The largest absolute Gasteiger partial charge is 0.462 e. The second kappa shape index (κ2) is 12.3. The minimum atomic E-state index is -0.225. The van der Waals surface area contributed by atoms with Crippen LogP contribution in [-0.4, -0.2) is 90.7 Å². The van der Waals surface area contributed by atoms with Crippen LogP contribution in [0, 0.1) is 6.57 Å². The van der Waals surface area contributed by atoms with Gasteiger partial charge >= 0.3 is 6.01 Å². The van der Waals surface area contributed by atoms with Crippen LogP contribution in [-0.2, 0) is 17.8 Å². The lowest BCUT2D eigenvalue weighted by Gasteiger charge is -2.41. The molecule has 9 nitrogen and oxygen atoms in total. The van der Waals surface area contributed by atoms with E-state index in [-0.39, 0.29) is 18.5 Å². The highest BCUT2D eigenvalue weighted by atomic mass is 79.9. The molecule has 3 aromatic rings. The summed E-state index contributed by atoms with van der Waals surface area (Å²) < 4.78 is 7.37. The van der Waals surface area contributed by atoms with Gasteiger partial charge in [-0.1, -0.05) is 46.8 Å². The Hall–Kier alpha value is -3.68. The normalized spacial score (nSPS) is 20.8. The summed E-state index contributed by atoms with van der Waals surface area (Å²) in [6, 6.07) is 13.3. The zero-order chi connectivity index (χ0) is 29.2. The molecule has 0 unspecified atom stereocenters. The number of anilines is 2. The smallest absolute Gasteiger partial charge is 0.318 e. The first-order valence-corrected chi connectivity index (χ1v) is 15.4. The van der Waals surface area contributed by atoms with Gasteiger partial charge in [0.15, 0.2) is 0 Å². The molecule has 218 valence electrons. The molecule has 0 bridgehead atoms. The van der Waals surface area contributed by atoms with Gasteiger partial charge in [0.1, 0.15) is 18.5 Å². The number of likely N-dealkylation sites (N-methyl/N-ethyl adjacent to an activating group) is 1. The Morgan fingerprint density at radius 1 is 1.14 bits per heavy atom. The number of hydrogen-bond donors (Lipinski definition) is 0. The Labute approximate surface area is 255 Å². The van der Waals surface area contributed by atoms with Crippen molar-refractivity contribution in [2.75, 3.05) is 62.7 Å². The molecule has 42 heavy (non-hydrogen) atoms. The van der Waals surface area contributed by atoms with Crippen molar-refractivity contribution in [2.24, 2.45) is 0 Å². The SMILES string of the molecule is [C-]#[N+]C[C@H]1CN(c2nc(OC[C@@H]3CCCN3C)nc3c2CCN(c2cccc4cccc(Br)c24)C3)CCN1C(=O)C=C. The predicted octanol–water partition coefficient (Wildman–Crippen LogP) is 4.55. The van der Waals surface area contributed by atoms with Crippen LogP contribution in [0.25, 0.3) is 15.6 Å². The third-order valence-electron chi connectivity index (χ3n) is 8.81. The van der Waals surface area contributed by atoms with Crippen molar-refractivity contribution in [2.45, 2.75) is 37.9 Å². The van der Waals surface area contributed by atoms with Crippen LogP contribution in [0.2, 0.25) is 0 Å². The maximum Gasteiger partial charge on any atom is 0.318 e. The van der Waals surface area contributed by atoms with Gasteiger partial charge in [0.2, 0.25) is 12.5 Å². The Bertz CT molecular complexity index is 1530. The van der Waals surface area contributed by atoms with Gasteiger partial charge in [0.25, 0.3) is 0 Å². The molecule has 1 amide bonds. The zero-order valence-corrected chi connectivity index (χ0v) is 25.6. The van der Waals surface area contributed by atoms with E-state index in [1.165, 1.54) is 29.0 Å². The summed E-state index contributed by atoms with van der Waals surface area (Å²) in [7, 11) is 2.14. The van der Waals surface area contributed by atoms with Crippen LogP contribution in [0.3, 0.4) is 0 Å². The molecule has 0 aliphatic carbocycles. The number of amides is 1. The molecule has 0 N–H and O–H groups in total. The second-order valence-electron chi connectivity index (χ2n) is 11.3. The van der Waals surface area contributed by atoms with E-state index in [1.807, 2.05) is 0 Å². The Morgan fingerprint density at radius 3 is 2.74 bits per heavy atom. The topological polar surface area (TPSA) is 69.4 Å². The number of aromatic nitrogens is 2. The third-order valence-corrected chi connectivity index (χ3v) is 9.47. The molecule has 2 aromatic carbocycles. The maximum atomic E-state index is 12.5. The van der Waals surface area contributed by atoms with Crippen LogP contribution in [0.5, 0.6) is 6.01 Å². The molecule has 2 fully saturated rings. The number of piperazine rings is 1. The van der Waals surface area contributed by atoms with Crippen molar-refractivity contribution in [3.05, 3.63) is 76.2 Å². The lowest BCUT2D eigenvalue weighted by atomic mass is 10.0. The van der Waals surface area contributed by atoms with Crippen molar-refractivity contribution < 1.29 is 9.53 Å². The van der Waals surface area contributed by atoms with Crippen molar-refractivity contribution in [3.63, 3.8) is 0 Å². The lowest BCUT2D eigenvalue weighted by molar-refractivity contribution is -0.128. The van der Waals surface area contributed by atoms with Crippen LogP contribution >= 0.6 is 15.9 Å². The maximum absolute atomic E-state index is 12.5. The van der Waals surface area contributed by atoms with Gasteiger partial charge in [-0.2, -0.15) is 9.97 Å². The molecule has 4 heterocycles. The Morgan fingerprint density at radius 2 is 1.98 bits per heavy atom. The van der Waals surface area contributed by atoms with E-state index in [1.54, 1.807) is 4.90 Å². The van der Waals surface area contributed by atoms with Gasteiger partial charge in [0.05, 0.1) is 12.2 Å². The molecule has 0 spiro atoms. The fraction of sp³-hybridized carbons (Fsp3) is 0.438. The minimum Gasteiger partial charge on any atom is -0.462 e. The molecule has 3 aliphatic rings. The van der Waals surface area contributed by atoms with Gasteiger partial charge in [-0.3, -0.25) is 4.79 Å². The van der Waals surface area contributed by atoms with E-state index in [0.717, 1.165) is 47.5 Å². The summed E-state index contributed by atoms with van der Waals surface area (Å²) in [4.78, 5) is 34.9. The summed E-state index contributed by atoms with van der Waals surface area (Å²) in [6.45, 7) is 16.2. The Balaban J connectivity index is 1.34. The molecule has 3 aliphatic heterocycles. The van der Waals surface area contributed by atoms with E-state index in [9.17, 15) is 4.79 Å². The van der Waals surface area contributed by atoms with Gasteiger partial charge in [-0.05, 0) is 56.4 Å². The van der Waals surface area contributed by atoms with Gasteiger partial charge in [0, 0.05) is 53.3 Å². The van der Waals surface area contributed by atoms with E-state index >= 15 is 0 Å². The van der Waals surface area contributed by atoms with E-state index < -0.39 is 0 Å². The number of hydrogen-bond acceptors (Lipinski definition) is 7. The number of benzene rings is 2. The van der Waals surface area contributed by atoms with E-state index in [0.29, 0.717) is 44.8 Å². The first-order chi connectivity index (χ1) is 20.5. The van der Waals surface area contributed by atoms with E-state index in [2.05, 4.69) is 85.5 Å². The quantitative estimate of drug-likeness (QED) is 0.281. The average molecular weight is 631 g/mol. The standard InChI is InChI=1S/C32H36BrN7O2/c1-4-29(41)40-17-16-39(19-24(40)18-34-2)31-25-13-15-38(28-12-6-9-22-8-5-11-26(33)30(22)28)20-27(25)35-32(36-31)42-21-23-10-7-14-37(23)3/h4-6,8-9,11-12,23-24H,1,7,10,13-21H2,3H3/t23-,24-/m0/s1. The van der Waals surface area contributed by atoms with Crippen molar-refractivity contribution in [1.29, 1.82) is 0 Å². The monoisotopic (exact) mass is 629 g/mol. The van der Waals surface area contributed by atoms with E-state index in [4.69, 9.17) is 21.3 Å². The number of likely N-dealkylation sites (tertiary alicyclic amines) is 1. The summed E-state index contributed by atoms with van der Waals surface area (Å²) in [6.07, 6.45) is 4.41. The molecule has 0 radical (unpaired) electrons. The average Bonchev–Trinajstić information content (AvgIpc) is 3.43. The third kappa shape index (κ3) is 5.55. The number of halogens is 1.